The van der Waals surface area contributed by atoms with Gasteiger partial charge in [0.05, 0.1) is 16.9 Å². The lowest BCUT2D eigenvalue weighted by Gasteiger charge is -2.18. The maximum atomic E-state index is 12.6. The summed E-state index contributed by atoms with van der Waals surface area (Å²) in [4.78, 5) is 12.6. The Bertz CT molecular complexity index is 684. The molecule has 1 N–H and O–H groups in total. The summed E-state index contributed by atoms with van der Waals surface area (Å²) in [5.41, 5.74) is 3.07. The lowest BCUT2D eigenvalue weighted by atomic mass is 9.92. The first-order valence-corrected chi connectivity index (χ1v) is 9.70. The van der Waals surface area contributed by atoms with Crippen molar-refractivity contribution < 1.29 is 13.2 Å². The molecule has 1 amide bonds. The highest BCUT2D eigenvalue weighted by molar-refractivity contribution is 7.91. The Morgan fingerprint density at radius 1 is 1.23 bits per heavy atom. The fourth-order valence-corrected chi connectivity index (χ4v) is 5.32. The smallest absolute Gasteiger partial charge is 0.230 e. The van der Waals surface area contributed by atoms with Crippen molar-refractivity contribution in [1.82, 2.24) is 5.32 Å². The summed E-state index contributed by atoms with van der Waals surface area (Å²) in [5.74, 6) is 0.602. The van der Waals surface area contributed by atoms with E-state index >= 15 is 0 Å². The van der Waals surface area contributed by atoms with Crippen LogP contribution in [0.3, 0.4) is 0 Å². The largest absolute Gasteiger partial charge is 0.355 e. The van der Waals surface area contributed by atoms with Crippen LogP contribution in [0.5, 0.6) is 0 Å². The Balaban J connectivity index is 1.67. The summed E-state index contributed by atoms with van der Waals surface area (Å²) in [7, 11) is -2.88. The highest BCUT2D eigenvalue weighted by Crippen LogP contribution is 2.48. The van der Waals surface area contributed by atoms with E-state index in [2.05, 4.69) is 23.5 Å². The second-order valence-electron chi connectivity index (χ2n) is 6.94. The predicted octanol–water partition coefficient (Wildman–Crippen LogP) is 1.89. The molecule has 0 unspecified atom stereocenters. The molecular weight excluding hydrogens is 298 g/mol. The van der Waals surface area contributed by atoms with E-state index in [0.717, 1.165) is 18.4 Å². The van der Waals surface area contributed by atoms with Crippen LogP contribution in [0, 0.1) is 19.8 Å². The number of carbonyl (C=O) groups excluding carboxylic acids is 1. The van der Waals surface area contributed by atoms with Gasteiger partial charge in [-0.25, -0.2) is 8.42 Å². The Morgan fingerprint density at radius 2 is 1.86 bits per heavy atom. The first-order valence-electron chi connectivity index (χ1n) is 7.88. The van der Waals surface area contributed by atoms with E-state index in [1.807, 2.05) is 13.8 Å². The summed E-state index contributed by atoms with van der Waals surface area (Å²) in [5, 5.41) is 3.00. The second-order valence-corrected chi connectivity index (χ2v) is 9.17. The zero-order chi connectivity index (χ0) is 16.0. The van der Waals surface area contributed by atoms with Gasteiger partial charge in [0.2, 0.25) is 5.91 Å². The van der Waals surface area contributed by atoms with Crippen LogP contribution in [0.1, 0.15) is 36.0 Å². The average Bonchev–Trinajstić information content (AvgIpc) is 3.15. The molecule has 5 heteroatoms. The van der Waals surface area contributed by atoms with Crippen LogP contribution in [-0.2, 0) is 20.0 Å². The number of aryl methyl sites for hydroxylation is 2. The molecule has 0 radical (unpaired) electrons. The van der Waals surface area contributed by atoms with Crippen molar-refractivity contribution in [2.75, 3.05) is 18.1 Å². The molecule has 1 aliphatic heterocycles. The SMILES string of the molecule is Cc1cc(C)cc(C2(C(=O)NC[C@@H]3CCS(=O)(=O)C3)CC2)c1. The minimum Gasteiger partial charge on any atom is -0.355 e. The highest BCUT2D eigenvalue weighted by atomic mass is 32.2. The summed E-state index contributed by atoms with van der Waals surface area (Å²) >= 11 is 0. The standard InChI is InChI=1S/C17H23NO3S/c1-12-7-13(2)9-15(8-12)17(4-5-17)16(19)18-10-14-3-6-22(20,21)11-14/h7-9,14H,3-6,10-11H2,1-2H3,(H,18,19)/t14-/m0/s1. The van der Waals surface area contributed by atoms with Gasteiger partial charge < -0.3 is 5.32 Å². The van der Waals surface area contributed by atoms with Gasteiger partial charge in [-0.3, -0.25) is 4.79 Å². The van der Waals surface area contributed by atoms with E-state index < -0.39 is 9.84 Å². The molecule has 2 fully saturated rings. The molecule has 0 spiro atoms. The molecular formula is C17H23NO3S. The zero-order valence-corrected chi connectivity index (χ0v) is 14.0. The van der Waals surface area contributed by atoms with Crippen molar-refractivity contribution >= 4 is 15.7 Å². The van der Waals surface area contributed by atoms with Gasteiger partial charge >= 0.3 is 0 Å². The van der Waals surface area contributed by atoms with Gasteiger partial charge in [-0.1, -0.05) is 29.3 Å². The number of benzene rings is 1. The van der Waals surface area contributed by atoms with Crippen LogP contribution >= 0.6 is 0 Å². The van der Waals surface area contributed by atoms with Crippen LogP contribution < -0.4 is 5.32 Å². The Labute approximate surface area is 132 Å². The molecule has 1 heterocycles. The summed E-state index contributed by atoms with van der Waals surface area (Å²) < 4.78 is 23.0. The lowest BCUT2D eigenvalue weighted by Crippen LogP contribution is -2.38. The number of sulfone groups is 1. The number of nitrogens with one attached hydrogen (secondary N) is 1. The summed E-state index contributed by atoms with van der Waals surface area (Å²) in [6.07, 6.45) is 2.43. The van der Waals surface area contributed by atoms with Crippen molar-refractivity contribution in [3.05, 3.63) is 34.9 Å². The van der Waals surface area contributed by atoms with Crippen molar-refractivity contribution in [2.45, 2.75) is 38.5 Å². The normalized spacial score (nSPS) is 24.9. The van der Waals surface area contributed by atoms with Gasteiger partial charge in [0, 0.05) is 6.54 Å². The molecule has 2 aliphatic rings. The molecule has 1 atom stereocenters. The van der Waals surface area contributed by atoms with Crippen LogP contribution in [0.25, 0.3) is 0 Å². The number of carbonyl (C=O) groups is 1. The van der Waals surface area contributed by atoms with Crippen molar-refractivity contribution in [1.29, 1.82) is 0 Å². The third-order valence-corrected chi connectivity index (χ3v) is 6.67. The molecule has 1 aromatic rings. The number of rotatable bonds is 4. The summed E-state index contributed by atoms with van der Waals surface area (Å²) in [6, 6.07) is 6.31. The molecule has 1 saturated heterocycles. The average molecular weight is 321 g/mol. The molecule has 120 valence electrons. The first kappa shape index (κ1) is 15.5. The molecule has 1 saturated carbocycles. The van der Waals surface area contributed by atoms with E-state index in [4.69, 9.17) is 0 Å². The number of amides is 1. The van der Waals surface area contributed by atoms with E-state index in [0.29, 0.717) is 13.0 Å². The Hall–Kier alpha value is -1.36. The first-order chi connectivity index (χ1) is 10.3. The van der Waals surface area contributed by atoms with E-state index in [1.54, 1.807) is 0 Å². The van der Waals surface area contributed by atoms with Gasteiger partial charge in [0.15, 0.2) is 9.84 Å². The van der Waals surface area contributed by atoms with Gasteiger partial charge in [0.25, 0.3) is 0 Å². The van der Waals surface area contributed by atoms with Crippen LogP contribution in [0.15, 0.2) is 18.2 Å². The third-order valence-electron chi connectivity index (χ3n) is 4.84. The van der Waals surface area contributed by atoms with E-state index in [1.165, 1.54) is 11.1 Å². The third kappa shape index (κ3) is 3.05. The molecule has 0 aromatic heterocycles. The topological polar surface area (TPSA) is 63.2 Å². The minimum absolute atomic E-state index is 0.0572. The Morgan fingerprint density at radius 3 is 2.36 bits per heavy atom. The monoisotopic (exact) mass is 321 g/mol. The molecule has 4 nitrogen and oxygen atoms in total. The van der Waals surface area contributed by atoms with Crippen LogP contribution in [-0.4, -0.2) is 32.4 Å². The quantitative estimate of drug-likeness (QED) is 0.921. The van der Waals surface area contributed by atoms with Gasteiger partial charge in [-0.15, -0.1) is 0 Å². The Kier molecular flexibility index (Phi) is 3.79. The summed E-state index contributed by atoms with van der Waals surface area (Å²) in [6.45, 7) is 4.58. The predicted molar refractivity (Wildman–Crippen MR) is 86.6 cm³/mol. The van der Waals surface area contributed by atoms with Crippen LogP contribution in [0.2, 0.25) is 0 Å². The molecule has 22 heavy (non-hydrogen) atoms. The van der Waals surface area contributed by atoms with Gasteiger partial charge in [-0.05, 0) is 44.6 Å². The van der Waals surface area contributed by atoms with Gasteiger partial charge in [-0.2, -0.15) is 0 Å². The van der Waals surface area contributed by atoms with Crippen LogP contribution in [0.4, 0.5) is 0 Å². The van der Waals surface area contributed by atoms with Crippen molar-refractivity contribution in [3.8, 4) is 0 Å². The maximum absolute atomic E-state index is 12.6. The number of hydrogen-bond acceptors (Lipinski definition) is 3. The van der Waals surface area contributed by atoms with E-state index in [9.17, 15) is 13.2 Å². The van der Waals surface area contributed by atoms with Gasteiger partial charge in [0.1, 0.15) is 0 Å². The lowest BCUT2D eigenvalue weighted by molar-refractivity contribution is -0.123. The fourth-order valence-electron chi connectivity index (χ4n) is 3.46. The molecule has 1 aliphatic carbocycles. The minimum atomic E-state index is -2.88. The maximum Gasteiger partial charge on any atom is 0.230 e. The number of hydrogen-bond donors (Lipinski definition) is 1. The second kappa shape index (κ2) is 5.37. The van der Waals surface area contributed by atoms with E-state index in [-0.39, 0.29) is 28.7 Å². The fraction of sp³-hybridized carbons (Fsp3) is 0.588. The highest BCUT2D eigenvalue weighted by Gasteiger charge is 2.51. The molecule has 0 bridgehead atoms. The zero-order valence-electron chi connectivity index (χ0n) is 13.2. The van der Waals surface area contributed by atoms with Crippen molar-refractivity contribution in [3.63, 3.8) is 0 Å². The molecule has 3 rings (SSSR count). The van der Waals surface area contributed by atoms with Crippen molar-refractivity contribution in [2.24, 2.45) is 5.92 Å². The molecule has 1 aromatic carbocycles.